The van der Waals surface area contributed by atoms with Gasteiger partial charge < -0.3 is 0 Å². The molecular weight excluding hydrogens is 219 g/mol. The second-order valence-corrected chi connectivity index (χ2v) is 3.57. The lowest BCUT2D eigenvalue weighted by atomic mass is 10.1. The molecule has 0 amide bonds. The van der Waals surface area contributed by atoms with Crippen molar-refractivity contribution in [1.29, 1.82) is 0 Å². The van der Waals surface area contributed by atoms with Crippen LogP contribution in [0.4, 0.5) is 10.1 Å². The van der Waals surface area contributed by atoms with Crippen molar-refractivity contribution < 1.29 is 9.18 Å². The van der Waals surface area contributed by atoms with Gasteiger partial charge in [0.1, 0.15) is 5.82 Å². The van der Waals surface area contributed by atoms with Crippen molar-refractivity contribution in [2.45, 2.75) is 6.92 Å². The predicted octanol–water partition coefficient (Wildman–Crippen LogP) is 3.16. The first-order valence-corrected chi connectivity index (χ1v) is 5.01. The molecule has 0 unspecified atom stereocenters. The number of hydrogen-bond acceptors (Lipinski definition) is 3. The maximum atomic E-state index is 12.8. The van der Waals surface area contributed by atoms with Crippen LogP contribution >= 0.6 is 0 Å². The minimum Gasteiger partial charge on any atom is -0.254 e. The van der Waals surface area contributed by atoms with Gasteiger partial charge in [0.25, 0.3) is 0 Å². The first-order valence-electron chi connectivity index (χ1n) is 5.01. The Kier molecular flexibility index (Phi) is 3.08. The van der Waals surface area contributed by atoms with Gasteiger partial charge in [-0.3, -0.25) is 4.98 Å². The topological polar surface area (TPSA) is 42.3 Å². The van der Waals surface area contributed by atoms with Crippen molar-refractivity contribution >= 4 is 11.8 Å². The lowest BCUT2D eigenvalue weighted by Gasteiger charge is -2.05. The zero-order valence-electron chi connectivity index (χ0n) is 9.14. The minimum atomic E-state index is -0.284. The molecule has 0 aliphatic rings. The number of nitrogens with zero attached hydrogens (tertiary/aromatic N) is 2. The van der Waals surface area contributed by atoms with E-state index in [1.54, 1.807) is 18.2 Å². The van der Waals surface area contributed by atoms with Gasteiger partial charge in [0, 0.05) is 5.56 Å². The summed E-state index contributed by atoms with van der Waals surface area (Å²) in [4.78, 5) is 17.8. The molecule has 17 heavy (non-hydrogen) atoms. The van der Waals surface area contributed by atoms with E-state index in [2.05, 4.69) is 9.98 Å². The summed E-state index contributed by atoms with van der Waals surface area (Å²) < 4.78 is 12.8. The van der Waals surface area contributed by atoms with Gasteiger partial charge in [-0.25, -0.2) is 9.18 Å². The van der Waals surface area contributed by atoms with E-state index in [0.29, 0.717) is 5.69 Å². The Hall–Kier alpha value is -2.32. The van der Waals surface area contributed by atoms with Gasteiger partial charge in [0.15, 0.2) is 0 Å². The van der Waals surface area contributed by atoms with E-state index in [9.17, 15) is 9.18 Å². The van der Waals surface area contributed by atoms with Gasteiger partial charge in [-0.2, -0.15) is 4.99 Å². The summed E-state index contributed by atoms with van der Waals surface area (Å²) in [5, 5.41) is 0. The summed E-state index contributed by atoms with van der Waals surface area (Å²) >= 11 is 0. The second-order valence-electron chi connectivity index (χ2n) is 3.57. The Morgan fingerprint density at radius 3 is 2.59 bits per heavy atom. The van der Waals surface area contributed by atoms with E-state index < -0.39 is 0 Å². The Morgan fingerprint density at radius 2 is 2.00 bits per heavy atom. The monoisotopic (exact) mass is 228 g/mol. The fraction of sp³-hybridized carbons (Fsp3) is 0.0769. The van der Waals surface area contributed by atoms with Crippen molar-refractivity contribution in [3.05, 3.63) is 47.9 Å². The number of aromatic nitrogens is 1. The molecule has 0 fully saturated rings. The van der Waals surface area contributed by atoms with Crippen LogP contribution in [0.3, 0.4) is 0 Å². The van der Waals surface area contributed by atoms with Crippen molar-refractivity contribution in [2.24, 2.45) is 4.99 Å². The van der Waals surface area contributed by atoms with Gasteiger partial charge in [-0.1, -0.05) is 0 Å². The molecule has 4 heteroatoms. The van der Waals surface area contributed by atoms with Crippen LogP contribution in [0.25, 0.3) is 11.3 Å². The molecule has 0 N–H and O–H groups in total. The minimum absolute atomic E-state index is 0.284. The van der Waals surface area contributed by atoms with Crippen molar-refractivity contribution in [3.63, 3.8) is 0 Å². The molecule has 1 heterocycles. The van der Waals surface area contributed by atoms with Gasteiger partial charge in [-0.05, 0) is 42.8 Å². The van der Waals surface area contributed by atoms with Crippen LogP contribution in [-0.4, -0.2) is 11.1 Å². The van der Waals surface area contributed by atoms with E-state index in [1.807, 2.05) is 6.92 Å². The van der Waals surface area contributed by atoms with Crippen LogP contribution in [0.2, 0.25) is 0 Å². The van der Waals surface area contributed by atoms with E-state index in [0.717, 1.165) is 16.8 Å². The molecule has 2 aromatic rings. The summed E-state index contributed by atoms with van der Waals surface area (Å²) in [6, 6.07) is 7.82. The van der Waals surface area contributed by atoms with Crippen molar-refractivity contribution in [2.75, 3.05) is 0 Å². The molecule has 0 atom stereocenters. The van der Waals surface area contributed by atoms with E-state index >= 15 is 0 Å². The van der Waals surface area contributed by atoms with Crippen molar-refractivity contribution in [1.82, 2.24) is 4.98 Å². The third kappa shape index (κ3) is 2.44. The zero-order chi connectivity index (χ0) is 12.3. The Morgan fingerprint density at radius 1 is 1.29 bits per heavy atom. The molecule has 2 rings (SSSR count). The maximum absolute atomic E-state index is 12.8. The number of hydrogen-bond donors (Lipinski definition) is 0. The van der Waals surface area contributed by atoms with Crippen LogP contribution in [0.1, 0.15) is 5.56 Å². The van der Waals surface area contributed by atoms with Crippen LogP contribution < -0.4 is 0 Å². The molecule has 0 saturated heterocycles. The quantitative estimate of drug-likeness (QED) is 0.585. The fourth-order valence-electron chi connectivity index (χ4n) is 1.58. The smallest absolute Gasteiger partial charge is 0.240 e. The molecule has 0 spiro atoms. The first-order chi connectivity index (χ1) is 8.20. The molecule has 3 nitrogen and oxygen atoms in total. The molecule has 0 saturated carbocycles. The number of pyridine rings is 1. The number of isocyanates is 1. The number of rotatable bonds is 2. The molecule has 0 bridgehead atoms. The average Bonchev–Trinajstić information content (AvgIpc) is 2.31. The SMILES string of the molecule is Cc1cc(N=C=O)cnc1-c1ccc(F)cc1. The Labute approximate surface area is 97.7 Å². The van der Waals surface area contributed by atoms with Gasteiger partial charge in [-0.15, -0.1) is 0 Å². The maximum Gasteiger partial charge on any atom is 0.240 e. The number of aliphatic imine (C=N–C) groups is 1. The normalized spacial score (nSPS) is 9.76. The molecule has 0 aliphatic carbocycles. The largest absolute Gasteiger partial charge is 0.254 e. The van der Waals surface area contributed by atoms with Crippen LogP contribution in [0.15, 0.2) is 41.5 Å². The lowest BCUT2D eigenvalue weighted by Crippen LogP contribution is -1.88. The van der Waals surface area contributed by atoms with Gasteiger partial charge in [0.2, 0.25) is 6.08 Å². The molecule has 0 aliphatic heterocycles. The highest BCUT2D eigenvalue weighted by atomic mass is 19.1. The third-order valence-corrected chi connectivity index (χ3v) is 2.36. The summed E-state index contributed by atoms with van der Waals surface area (Å²) in [7, 11) is 0. The Bertz CT molecular complexity index is 587. The van der Waals surface area contributed by atoms with Crippen molar-refractivity contribution in [3.8, 4) is 11.3 Å². The molecule has 0 radical (unpaired) electrons. The predicted molar refractivity (Wildman–Crippen MR) is 62.1 cm³/mol. The van der Waals surface area contributed by atoms with E-state index in [-0.39, 0.29) is 5.82 Å². The average molecular weight is 228 g/mol. The summed E-state index contributed by atoms with van der Waals surface area (Å²) in [6.45, 7) is 1.86. The number of aryl methyl sites for hydroxylation is 1. The fourth-order valence-corrected chi connectivity index (χ4v) is 1.58. The van der Waals surface area contributed by atoms with Crippen LogP contribution in [0.5, 0.6) is 0 Å². The van der Waals surface area contributed by atoms with Crippen LogP contribution in [0, 0.1) is 12.7 Å². The molecule has 84 valence electrons. The third-order valence-electron chi connectivity index (χ3n) is 2.36. The van der Waals surface area contributed by atoms with Gasteiger partial charge in [0.05, 0.1) is 17.6 Å². The molecule has 1 aromatic heterocycles. The first kappa shape index (κ1) is 11.2. The summed E-state index contributed by atoms with van der Waals surface area (Å²) in [5.74, 6) is -0.284. The Balaban J connectivity index is 2.46. The summed E-state index contributed by atoms with van der Waals surface area (Å²) in [5.41, 5.74) is 2.90. The lowest BCUT2D eigenvalue weighted by molar-refractivity contribution is 0.565. The number of carbonyl (C=O) groups excluding carboxylic acids is 1. The highest BCUT2D eigenvalue weighted by Crippen LogP contribution is 2.24. The van der Waals surface area contributed by atoms with E-state index in [1.165, 1.54) is 24.4 Å². The number of halogens is 1. The molecular formula is C13H9FN2O. The molecule has 1 aromatic carbocycles. The zero-order valence-corrected chi connectivity index (χ0v) is 9.14. The van der Waals surface area contributed by atoms with Gasteiger partial charge >= 0.3 is 0 Å². The highest BCUT2D eigenvalue weighted by molar-refractivity contribution is 5.65. The summed E-state index contributed by atoms with van der Waals surface area (Å²) in [6.07, 6.45) is 2.95. The van der Waals surface area contributed by atoms with Crippen LogP contribution in [-0.2, 0) is 4.79 Å². The number of benzene rings is 1. The highest BCUT2D eigenvalue weighted by Gasteiger charge is 2.04. The second kappa shape index (κ2) is 4.68. The van der Waals surface area contributed by atoms with E-state index in [4.69, 9.17) is 0 Å². The standard InChI is InChI=1S/C13H9FN2O/c1-9-6-12(16-8-17)7-15-13(9)10-2-4-11(14)5-3-10/h2-7H,1H3.